The number of benzene rings is 2. The molecule has 1 aliphatic rings. The molecule has 1 fully saturated rings. The largest absolute Gasteiger partial charge is 0.379 e. The normalized spacial score (nSPS) is 15.7. The number of aromatic nitrogens is 2. The lowest BCUT2D eigenvalue weighted by Gasteiger charge is -2.27. The molecule has 0 aliphatic carbocycles. The summed E-state index contributed by atoms with van der Waals surface area (Å²) in [5, 5.41) is 4.32. The van der Waals surface area contributed by atoms with E-state index in [9.17, 15) is 4.79 Å². The average molecular weight is 475 g/mol. The lowest BCUT2D eigenvalue weighted by atomic mass is 10.1. The fourth-order valence-corrected chi connectivity index (χ4v) is 4.64. The topological polar surface area (TPSA) is 59.4 Å². The minimum atomic E-state index is -0.354. The van der Waals surface area contributed by atoms with Crippen molar-refractivity contribution in [2.75, 3.05) is 39.4 Å². The molecule has 1 atom stereocenters. The van der Waals surface area contributed by atoms with E-state index in [-0.39, 0.29) is 11.9 Å². The average Bonchev–Trinajstić information content (AvgIpc) is 3.15. The van der Waals surface area contributed by atoms with Crippen LogP contribution < -0.4 is 5.32 Å². The third-order valence-corrected chi connectivity index (χ3v) is 6.45. The van der Waals surface area contributed by atoms with E-state index in [4.69, 9.17) is 32.9 Å². The zero-order valence-corrected chi connectivity index (χ0v) is 19.7. The summed E-state index contributed by atoms with van der Waals surface area (Å²) in [6, 6.07) is 13.0. The summed E-state index contributed by atoms with van der Waals surface area (Å²) >= 11 is 12.5. The van der Waals surface area contributed by atoms with Gasteiger partial charge in [-0.25, -0.2) is 4.98 Å². The van der Waals surface area contributed by atoms with Crippen LogP contribution in [0.1, 0.15) is 30.8 Å². The predicted molar refractivity (Wildman–Crippen MR) is 129 cm³/mol. The first kappa shape index (κ1) is 23.1. The number of nitrogens with zero attached hydrogens (tertiary/aromatic N) is 3. The first-order valence-electron chi connectivity index (χ1n) is 11.0. The van der Waals surface area contributed by atoms with E-state index in [0.717, 1.165) is 55.3 Å². The van der Waals surface area contributed by atoms with Crippen LogP contribution in [-0.4, -0.2) is 59.8 Å². The zero-order valence-electron chi connectivity index (χ0n) is 18.2. The van der Waals surface area contributed by atoms with E-state index in [1.54, 1.807) is 6.07 Å². The van der Waals surface area contributed by atoms with Gasteiger partial charge in [0.15, 0.2) is 0 Å². The first-order chi connectivity index (χ1) is 15.6. The van der Waals surface area contributed by atoms with Crippen LogP contribution in [0, 0.1) is 0 Å². The molecule has 1 aliphatic heterocycles. The Hall–Kier alpha value is -2.12. The molecule has 1 unspecified atom stereocenters. The Morgan fingerprint density at radius 3 is 2.72 bits per heavy atom. The van der Waals surface area contributed by atoms with E-state index in [2.05, 4.69) is 14.8 Å². The van der Waals surface area contributed by atoms with Gasteiger partial charge in [-0.1, -0.05) is 48.3 Å². The number of morpholine rings is 1. The number of para-hydroxylation sites is 2. The Labute approximate surface area is 198 Å². The highest BCUT2D eigenvalue weighted by atomic mass is 35.5. The zero-order chi connectivity index (χ0) is 22.5. The maximum atomic E-state index is 13.2. The minimum absolute atomic E-state index is 0.00682. The molecule has 1 saturated heterocycles. The van der Waals surface area contributed by atoms with Crippen molar-refractivity contribution < 1.29 is 9.53 Å². The number of amides is 1. The summed E-state index contributed by atoms with van der Waals surface area (Å²) in [5.74, 6) is 0.818. The monoisotopic (exact) mass is 474 g/mol. The van der Waals surface area contributed by atoms with Gasteiger partial charge in [-0.3, -0.25) is 9.69 Å². The van der Waals surface area contributed by atoms with Crippen molar-refractivity contribution >= 4 is 40.1 Å². The Morgan fingerprint density at radius 1 is 1.19 bits per heavy atom. The van der Waals surface area contributed by atoms with Crippen LogP contribution in [0.15, 0.2) is 42.5 Å². The van der Waals surface area contributed by atoms with E-state index in [1.165, 1.54) is 0 Å². The van der Waals surface area contributed by atoms with Gasteiger partial charge in [0.2, 0.25) is 5.91 Å². The summed E-state index contributed by atoms with van der Waals surface area (Å²) in [4.78, 5) is 20.4. The molecule has 2 aromatic carbocycles. The van der Waals surface area contributed by atoms with Crippen molar-refractivity contribution in [3.05, 3.63) is 63.9 Å². The number of carbonyl (C=O) groups excluding carboxylic acids is 1. The molecule has 3 aromatic rings. The number of carbonyl (C=O) groups is 1. The van der Waals surface area contributed by atoms with Crippen molar-refractivity contribution in [3.63, 3.8) is 0 Å². The molecule has 1 amide bonds. The molecule has 1 aromatic heterocycles. The number of imidazole rings is 1. The molecule has 6 nitrogen and oxygen atoms in total. The fourth-order valence-electron chi connectivity index (χ4n) is 4.17. The molecule has 2 heterocycles. The molecule has 0 spiro atoms. The molecule has 0 saturated carbocycles. The summed E-state index contributed by atoms with van der Waals surface area (Å²) in [7, 11) is 0. The number of fused-ring (bicyclic) bond motifs is 1. The van der Waals surface area contributed by atoms with Crippen molar-refractivity contribution in [1.29, 1.82) is 0 Å². The fraction of sp³-hybridized carbons (Fsp3) is 0.417. The van der Waals surface area contributed by atoms with E-state index >= 15 is 0 Å². The molecular weight excluding hydrogens is 447 g/mol. The number of hydrogen-bond acceptors (Lipinski definition) is 4. The summed E-state index contributed by atoms with van der Waals surface area (Å²) in [6.45, 7) is 6.78. The molecular formula is C24H28Cl2N4O2. The molecule has 8 heteroatoms. The van der Waals surface area contributed by atoms with Crippen molar-refractivity contribution in [3.8, 4) is 0 Å². The van der Waals surface area contributed by atoms with Crippen LogP contribution in [-0.2, 0) is 16.0 Å². The summed E-state index contributed by atoms with van der Waals surface area (Å²) < 4.78 is 7.45. The number of nitrogens with one attached hydrogen (secondary N) is 1. The van der Waals surface area contributed by atoms with Gasteiger partial charge >= 0.3 is 0 Å². The highest BCUT2D eigenvalue weighted by Gasteiger charge is 2.24. The molecule has 0 bridgehead atoms. The first-order valence-corrected chi connectivity index (χ1v) is 11.8. The van der Waals surface area contributed by atoms with Crippen molar-refractivity contribution in [2.45, 2.75) is 25.8 Å². The van der Waals surface area contributed by atoms with Gasteiger partial charge < -0.3 is 14.6 Å². The summed E-state index contributed by atoms with van der Waals surface area (Å²) in [5.41, 5.74) is 2.74. The highest BCUT2D eigenvalue weighted by molar-refractivity contribution is 6.35. The molecule has 0 radical (unpaired) electrons. The van der Waals surface area contributed by atoms with Crippen molar-refractivity contribution in [1.82, 2.24) is 19.8 Å². The summed E-state index contributed by atoms with van der Waals surface area (Å²) in [6.07, 6.45) is 1.17. The molecule has 170 valence electrons. The van der Waals surface area contributed by atoms with Gasteiger partial charge in [0.25, 0.3) is 0 Å². The maximum absolute atomic E-state index is 13.2. The van der Waals surface area contributed by atoms with Gasteiger partial charge in [0.05, 0.1) is 24.2 Å². The lowest BCUT2D eigenvalue weighted by Crippen LogP contribution is -2.42. The number of ether oxygens (including phenoxy) is 1. The van der Waals surface area contributed by atoms with Gasteiger partial charge in [-0.2, -0.15) is 0 Å². The van der Waals surface area contributed by atoms with E-state index in [1.807, 2.05) is 43.3 Å². The van der Waals surface area contributed by atoms with Gasteiger partial charge in [-0.05, 0) is 36.2 Å². The van der Waals surface area contributed by atoms with Gasteiger partial charge in [0.1, 0.15) is 11.9 Å². The van der Waals surface area contributed by atoms with E-state index in [0.29, 0.717) is 29.4 Å². The standard InChI is InChI=1S/C24H28Cl2N4O2/c1-2-21(24(31)27-9-10-29-11-13-32-14-12-29)30-22-6-4-3-5-20(22)28-23(30)15-17-7-8-18(25)16-19(17)26/h3-8,16,21H,2,9-15H2,1H3,(H,27,31). The Morgan fingerprint density at radius 2 is 1.97 bits per heavy atom. The van der Waals surface area contributed by atoms with Crippen LogP contribution in [0.2, 0.25) is 10.0 Å². The second-order valence-electron chi connectivity index (χ2n) is 7.97. The molecule has 4 rings (SSSR count). The Balaban J connectivity index is 1.57. The SMILES string of the molecule is CCC(C(=O)NCCN1CCOCC1)n1c(Cc2ccc(Cl)cc2Cl)nc2ccccc21. The Bertz CT molecular complexity index is 1080. The van der Waals surface area contributed by atoms with Crippen LogP contribution in [0.3, 0.4) is 0 Å². The number of halogens is 2. The molecule has 1 N–H and O–H groups in total. The quantitative estimate of drug-likeness (QED) is 0.527. The smallest absolute Gasteiger partial charge is 0.243 e. The Kier molecular flexibility index (Phi) is 7.68. The van der Waals surface area contributed by atoms with Crippen LogP contribution in [0.5, 0.6) is 0 Å². The van der Waals surface area contributed by atoms with E-state index < -0.39 is 0 Å². The second kappa shape index (κ2) is 10.7. The van der Waals surface area contributed by atoms with Gasteiger partial charge in [-0.15, -0.1) is 0 Å². The van der Waals surface area contributed by atoms with Crippen molar-refractivity contribution in [2.24, 2.45) is 0 Å². The third-order valence-electron chi connectivity index (χ3n) is 5.86. The molecule has 32 heavy (non-hydrogen) atoms. The van der Waals surface area contributed by atoms with Crippen LogP contribution in [0.4, 0.5) is 0 Å². The second-order valence-corrected chi connectivity index (χ2v) is 8.81. The number of rotatable bonds is 8. The third kappa shape index (κ3) is 5.26. The van der Waals surface area contributed by atoms with Gasteiger partial charge in [0, 0.05) is 42.6 Å². The maximum Gasteiger partial charge on any atom is 0.243 e. The van der Waals surface area contributed by atoms with Crippen LogP contribution >= 0.6 is 23.2 Å². The predicted octanol–water partition coefficient (Wildman–Crippen LogP) is 4.33. The number of hydrogen-bond donors (Lipinski definition) is 1. The minimum Gasteiger partial charge on any atom is -0.379 e. The van der Waals surface area contributed by atoms with Crippen LogP contribution in [0.25, 0.3) is 11.0 Å². The lowest BCUT2D eigenvalue weighted by molar-refractivity contribution is -0.124. The highest BCUT2D eigenvalue weighted by Crippen LogP contribution is 2.28.